The van der Waals surface area contributed by atoms with Crippen LogP contribution >= 0.6 is 11.8 Å². The van der Waals surface area contributed by atoms with Gasteiger partial charge in [0.25, 0.3) is 0 Å². The van der Waals surface area contributed by atoms with E-state index in [0.717, 1.165) is 11.5 Å². The van der Waals surface area contributed by atoms with Crippen LogP contribution in [0.15, 0.2) is 29.2 Å². The second kappa shape index (κ2) is 9.30. The molecule has 0 aliphatic carbocycles. The van der Waals surface area contributed by atoms with Crippen LogP contribution in [0, 0.1) is 0 Å². The number of ether oxygens (including phenoxy) is 1. The highest BCUT2D eigenvalue weighted by Crippen LogP contribution is 2.16. The maximum atomic E-state index is 12.2. The number of benzene rings is 1. The van der Waals surface area contributed by atoms with Crippen molar-refractivity contribution >= 4 is 21.8 Å². The third kappa shape index (κ3) is 6.69. The number of sulfonamides is 1. The van der Waals surface area contributed by atoms with E-state index >= 15 is 0 Å². The Morgan fingerprint density at radius 2 is 2.00 bits per heavy atom. The molecule has 0 aliphatic heterocycles. The van der Waals surface area contributed by atoms with E-state index in [1.807, 2.05) is 13.8 Å². The number of thioether (sulfide) groups is 1. The number of rotatable bonds is 10. The molecule has 1 aromatic carbocycles. The summed E-state index contributed by atoms with van der Waals surface area (Å²) in [6.07, 6.45) is 0.550. The van der Waals surface area contributed by atoms with Gasteiger partial charge < -0.3 is 9.84 Å². The predicted octanol–water partition coefficient (Wildman–Crippen LogP) is 1.87. The topological polar surface area (TPSA) is 75.6 Å². The number of aliphatic hydroxyl groups excluding tert-OH is 1. The standard InChI is InChI=1S/C14H23NO4S2/c1-3-20-11-12(2)15-21(17,18)14-7-5-13(6-8-14)19-10-4-9-16/h5-8,12,15-16H,3-4,9-11H2,1-2H3. The van der Waals surface area contributed by atoms with Gasteiger partial charge >= 0.3 is 0 Å². The molecular weight excluding hydrogens is 310 g/mol. The fourth-order valence-corrected chi connectivity index (χ4v) is 3.65. The van der Waals surface area contributed by atoms with Crippen molar-refractivity contribution in [2.24, 2.45) is 0 Å². The molecule has 21 heavy (non-hydrogen) atoms. The van der Waals surface area contributed by atoms with Gasteiger partial charge in [-0.2, -0.15) is 11.8 Å². The fourth-order valence-electron chi connectivity index (χ4n) is 1.63. The Balaban J connectivity index is 2.62. The van der Waals surface area contributed by atoms with Gasteiger partial charge in [0.2, 0.25) is 10.0 Å². The molecule has 0 aromatic heterocycles. The van der Waals surface area contributed by atoms with Crippen LogP contribution in [-0.2, 0) is 10.0 Å². The molecule has 0 heterocycles. The zero-order valence-corrected chi connectivity index (χ0v) is 14.0. The summed E-state index contributed by atoms with van der Waals surface area (Å²) in [7, 11) is -3.49. The predicted molar refractivity (Wildman–Crippen MR) is 86.4 cm³/mol. The molecule has 0 fully saturated rings. The second-order valence-corrected chi connectivity index (χ2v) is 7.61. The molecular formula is C14H23NO4S2. The fraction of sp³-hybridized carbons (Fsp3) is 0.571. The van der Waals surface area contributed by atoms with Gasteiger partial charge in [0.05, 0.1) is 11.5 Å². The number of hydrogen-bond acceptors (Lipinski definition) is 5. The smallest absolute Gasteiger partial charge is 0.240 e. The van der Waals surface area contributed by atoms with Gasteiger partial charge in [-0.15, -0.1) is 0 Å². The Morgan fingerprint density at radius 1 is 1.33 bits per heavy atom. The van der Waals surface area contributed by atoms with Crippen LogP contribution in [0.3, 0.4) is 0 Å². The van der Waals surface area contributed by atoms with Crippen molar-refractivity contribution < 1.29 is 18.3 Å². The van der Waals surface area contributed by atoms with Gasteiger partial charge in [0.1, 0.15) is 5.75 Å². The third-order valence-electron chi connectivity index (χ3n) is 2.63. The van der Waals surface area contributed by atoms with Crippen LogP contribution in [0.1, 0.15) is 20.3 Å². The minimum absolute atomic E-state index is 0.0735. The Hall–Kier alpha value is -0.760. The first-order valence-corrected chi connectivity index (χ1v) is 9.57. The minimum atomic E-state index is -3.49. The van der Waals surface area contributed by atoms with Gasteiger partial charge in [-0.05, 0) is 36.9 Å². The Labute approximate surface area is 131 Å². The zero-order valence-electron chi connectivity index (χ0n) is 12.4. The second-order valence-electron chi connectivity index (χ2n) is 4.58. The molecule has 0 saturated heterocycles. The van der Waals surface area contributed by atoms with Crippen molar-refractivity contribution in [3.05, 3.63) is 24.3 Å². The molecule has 7 heteroatoms. The third-order valence-corrected chi connectivity index (χ3v) is 5.38. The summed E-state index contributed by atoms with van der Waals surface area (Å²) in [5.41, 5.74) is 0. The van der Waals surface area contributed by atoms with E-state index in [4.69, 9.17) is 9.84 Å². The average Bonchev–Trinajstić information content (AvgIpc) is 2.45. The summed E-state index contributed by atoms with van der Waals surface area (Å²) in [5, 5.41) is 8.67. The van der Waals surface area contributed by atoms with Gasteiger partial charge in [0, 0.05) is 24.8 Å². The molecule has 1 atom stereocenters. The first-order valence-electron chi connectivity index (χ1n) is 6.93. The number of hydrogen-bond donors (Lipinski definition) is 2. The van der Waals surface area contributed by atoms with Gasteiger partial charge in [-0.25, -0.2) is 13.1 Å². The van der Waals surface area contributed by atoms with Crippen LogP contribution in [0.2, 0.25) is 0 Å². The summed E-state index contributed by atoms with van der Waals surface area (Å²) < 4.78 is 32.4. The monoisotopic (exact) mass is 333 g/mol. The molecule has 0 bridgehead atoms. The van der Waals surface area contributed by atoms with E-state index in [9.17, 15) is 8.42 Å². The molecule has 1 unspecified atom stereocenters. The molecule has 0 aliphatic rings. The maximum absolute atomic E-state index is 12.2. The lowest BCUT2D eigenvalue weighted by molar-refractivity contribution is 0.233. The molecule has 1 rings (SSSR count). The van der Waals surface area contributed by atoms with Crippen molar-refractivity contribution in [3.8, 4) is 5.75 Å². The lowest BCUT2D eigenvalue weighted by Gasteiger charge is -2.14. The van der Waals surface area contributed by atoms with Crippen molar-refractivity contribution in [1.29, 1.82) is 0 Å². The van der Waals surface area contributed by atoms with Crippen LogP contribution in [-0.4, -0.2) is 44.3 Å². The van der Waals surface area contributed by atoms with Crippen LogP contribution in [0.4, 0.5) is 0 Å². The molecule has 0 amide bonds. The van der Waals surface area contributed by atoms with E-state index in [1.165, 1.54) is 12.1 Å². The van der Waals surface area contributed by atoms with E-state index in [0.29, 0.717) is 18.8 Å². The summed E-state index contributed by atoms with van der Waals surface area (Å²) in [5.74, 6) is 2.31. The molecule has 2 N–H and O–H groups in total. The number of aliphatic hydroxyl groups is 1. The van der Waals surface area contributed by atoms with E-state index in [-0.39, 0.29) is 17.5 Å². The Kier molecular flexibility index (Phi) is 8.10. The largest absolute Gasteiger partial charge is 0.494 e. The molecule has 5 nitrogen and oxygen atoms in total. The summed E-state index contributed by atoms with van der Waals surface area (Å²) in [6.45, 7) is 4.38. The van der Waals surface area contributed by atoms with Crippen LogP contribution in [0.25, 0.3) is 0 Å². The highest BCUT2D eigenvalue weighted by molar-refractivity contribution is 7.99. The minimum Gasteiger partial charge on any atom is -0.494 e. The highest BCUT2D eigenvalue weighted by atomic mass is 32.2. The van der Waals surface area contributed by atoms with E-state index < -0.39 is 10.0 Å². The van der Waals surface area contributed by atoms with Crippen molar-refractivity contribution in [3.63, 3.8) is 0 Å². The summed E-state index contributed by atoms with van der Waals surface area (Å²) in [4.78, 5) is 0.227. The first-order chi connectivity index (χ1) is 9.99. The quantitative estimate of drug-likeness (QED) is 0.639. The molecule has 120 valence electrons. The lowest BCUT2D eigenvalue weighted by atomic mass is 10.3. The normalized spacial score (nSPS) is 13.1. The Morgan fingerprint density at radius 3 is 2.57 bits per heavy atom. The van der Waals surface area contributed by atoms with Crippen LogP contribution < -0.4 is 9.46 Å². The van der Waals surface area contributed by atoms with Gasteiger partial charge in [-0.3, -0.25) is 0 Å². The SMILES string of the molecule is CCSCC(C)NS(=O)(=O)c1ccc(OCCCO)cc1. The zero-order chi connectivity index (χ0) is 15.7. The maximum Gasteiger partial charge on any atom is 0.240 e. The first kappa shape index (κ1) is 18.3. The van der Waals surface area contributed by atoms with Gasteiger partial charge in [-0.1, -0.05) is 6.92 Å². The average molecular weight is 333 g/mol. The molecule has 1 aromatic rings. The Bertz CT molecular complexity index is 502. The highest BCUT2D eigenvalue weighted by Gasteiger charge is 2.17. The van der Waals surface area contributed by atoms with Crippen molar-refractivity contribution in [1.82, 2.24) is 4.72 Å². The molecule has 0 radical (unpaired) electrons. The number of nitrogens with one attached hydrogen (secondary N) is 1. The van der Waals surface area contributed by atoms with Crippen molar-refractivity contribution in [2.45, 2.75) is 31.2 Å². The van der Waals surface area contributed by atoms with E-state index in [2.05, 4.69) is 4.72 Å². The molecule has 0 saturated carbocycles. The van der Waals surface area contributed by atoms with Crippen LogP contribution in [0.5, 0.6) is 5.75 Å². The van der Waals surface area contributed by atoms with Crippen molar-refractivity contribution in [2.75, 3.05) is 24.7 Å². The van der Waals surface area contributed by atoms with Gasteiger partial charge in [0.15, 0.2) is 0 Å². The lowest BCUT2D eigenvalue weighted by Crippen LogP contribution is -2.34. The summed E-state index contributed by atoms with van der Waals surface area (Å²) >= 11 is 1.70. The van der Waals surface area contributed by atoms with E-state index in [1.54, 1.807) is 23.9 Å². The summed E-state index contributed by atoms with van der Waals surface area (Å²) in [6, 6.07) is 6.18. The molecule has 0 spiro atoms.